The fourth-order valence-electron chi connectivity index (χ4n) is 2.64. The van der Waals surface area contributed by atoms with Gasteiger partial charge in [0.05, 0.1) is 10.6 Å². The molecule has 6 nitrogen and oxygen atoms in total. The fraction of sp³-hybridized carbons (Fsp3) is 0.222. The van der Waals surface area contributed by atoms with Crippen molar-refractivity contribution in [1.82, 2.24) is 10.1 Å². The number of aryl methyl sites for hydroxylation is 1. The molecule has 3 aromatic rings. The van der Waals surface area contributed by atoms with E-state index in [2.05, 4.69) is 14.9 Å². The zero-order chi connectivity index (χ0) is 18.3. The van der Waals surface area contributed by atoms with Crippen LogP contribution in [0.15, 0.2) is 51.9 Å². The Bertz CT molecular complexity index is 1070. The second-order valence-corrected chi connectivity index (χ2v) is 7.98. The molecule has 1 N–H and O–H groups in total. The van der Waals surface area contributed by atoms with Crippen LogP contribution in [0.2, 0.25) is 0 Å². The van der Waals surface area contributed by atoms with E-state index >= 15 is 0 Å². The van der Waals surface area contributed by atoms with Crippen LogP contribution in [-0.4, -0.2) is 18.6 Å². The summed E-state index contributed by atoms with van der Waals surface area (Å²) in [5, 5.41) is 3.95. The number of anilines is 1. The van der Waals surface area contributed by atoms with Crippen molar-refractivity contribution in [3.8, 4) is 11.4 Å². The normalized spacial score (nSPS) is 14.4. The third-order valence-electron chi connectivity index (χ3n) is 4.18. The molecule has 0 unspecified atom stereocenters. The third kappa shape index (κ3) is 3.32. The number of nitrogens with zero attached hydrogens (tertiary/aromatic N) is 2. The van der Waals surface area contributed by atoms with E-state index in [1.807, 2.05) is 0 Å². The minimum atomic E-state index is -3.89. The van der Waals surface area contributed by atoms with Crippen LogP contribution in [0.3, 0.4) is 0 Å². The van der Waals surface area contributed by atoms with Crippen molar-refractivity contribution in [2.45, 2.75) is 30.6 Å². The van der Waals surface area contributed by atoms with Gasteiger partial charge in [0, 0.05) is 11.5 Å². The Labute approximate surface area is 150 Å². The maximum absolute atomic E-state index is 13.3. The summed E-state index contributed by atoms with van der Waals surface area (Å²) >= 11 is 0. The van der Waals surface area contributed by atoms with Crippen molar-refractivity contribution >= 4 is 15.7 Å². The molecule has 1 aromatic heterocycles. The van der Waals surface area contributed by atoms with Gasteiger partial charge in [-0.05, 0) is 49.6 Å². The summed E-state index contributed by atoms with van der Waals surface area (Å²) in [4.78, 5) is 4.43. The Morgan fingerprint density at radius 1 is 1.19 bits per heavy atom. The Hall–Kier alpha value is -2.74. The Balaban J connectivity index is 1.68. The minimum Gasteiger partial charge on any atom is -0.339 e. The number of benzene rings is 2. The summed E-state index contributed by atoms with van der Waals surface area (Å²) in [6.07, 6.45) is 2.07. The van der Waals surface area contributed by atoms with Crippen molar-refractivity contribution < 1.29 is 17.3 Å². The first-order valence-electron chi connectivity index (χ1n) is 8.15. The van der Waals surface area contributed by atoms with Crippen molar-refractivity contribution in [2.24, 2.45) is 0 Å². The Kier molecular flexibility index (Phi) is 3.99. The standard InChI is InChI=1S/C18H16FN3O3S/c1-11-5-6-13(17-20-18(25-21-17)12-7-8-12)9-16(11)26(23,24)22-15-4-2-3-14(19)10-15/h2-6,9-10,12,22H,7-8H2,1H3. The number of hydrogen-bond donors (Lipinski definition) is 1. The van der Waals surface area contributed by atoms with Crippen LogP contribution in [0.5, 0.6) is 0 Å². The number of rotatable bonds is 5. The van der Waals surface area contributed by atoms with Crippen molar-refractivity contribution in [1.29, 1.82) is 0 Å². The van der Waals surface area contributed by atoms with Crippen LogP contribution in [0.1, 0.15) is 30.2 Å². The van der Waals surface area contributed by atoms with E-state index in [4.69, 9.17) is 4.52 Å². The molecule has 0 amide bonds. The number of hydrogen-bond acceptors (Lipinski definition) is 5. The van der Waals surface area contributed by atoms with Gasteiger partial charge < -0.3 is 4.52 Å². The number of aromatic nitrogens is 2. The van der Waals surface area contributed by atoms with Gasteiger partial charge in [-0.25, -0.2) is 12.8 Å². The summed E-state index contributed by atoms with van der Waals surface area (Å²) in [5.74, 6) is 0.742. The molecule has 8 heteroatoms. The molecule has 0 radical (unpaired) electrons. The molecule has 1 saturated carbocycles. The molecule has 26 heavy (non-hydrogen) atoms. The molecule has 2 aromatic carbocycles. The van der Waals surface area contributed by atoms with Crippen molar-refractivity contribution in [3.05, 3.63) is 59.7 Å². The van der Waals surface area contributed by atoms with Crippen LogP contribution < -0.4 is 4.72 Å². The predicted octanol–water partition coefficient (Wildman–Crippen LogP) is 3.86. The van der Waals surface area contributed by atoms with E-state index in [9.17, 15) is 12.8 Å². The molecule has 0 spiro atoms. The highest BCUT2D eigenvalue weighted by molar-refractivity contribution is 7.92. The summed E-state index contributed by atoms with van der Waals surface area (Å²) in [7, 11) is -3.89. The predicted molar refractivity (Wildman–Crippen MR) is 93.7 cm³/mol. The molecule has 0 saturated heterocycles. The van der Waals surface area contributed by atoms with Crippen LogP contribution in [0.4, 0.5) is 10.1 Å². The van der Waals surface area contributed by atoms with Gasteiger partial charge in [0.1, 0.15) is 5.82 Å². The fourth-order valence-corrected chi connectivity index (χ4v) is 3.96. The van der Waals surface area contributed by atoms with E-state index < -0.39 is 15.8 Å². The quantitative estimate of drug-likeness (QED) is 0.734. The lowest BCUT2D eigenvalue weighted by molar-refractivity contribution is 0.380. The van der Waals surface area contributed by atoms with Gasteiger partial charge in [0.15, 0.2) is 0 Å². The van der Waals surface area contributed by atoms with Gasteiger partial charge in [0.25, 0.3) is 10.0 Å². The van der Waals surface area contributed by atoms with Gasteiger partial charge in [-0.3, -0.25) is 4.72 Å². The molecule has 134 valence electrons. The van der Waals surface area contributed by atoms with Gasteiger partial charge in [0.2, 0.25) is 11.7 Å². The molecule has 1 aliphatic carbocycles. The number of sulfonamides is 1. The molecule has 1 aliphatic rings. The molecular weight excluding hydrogens is 357 g/mol. The van der Waals surface area contributed by atoms with Crippen molar-refractivity contribution in [2.75, 3.05) is 4.72 Å². The second kappa shape index (κ2) is 6.21. The maximum atomic E-state index is 13.3. The van der Waals surface area contributed by atoms with E-state index in [-0.39, 0.29) is 10.6 Å². The van der Waals surface area contributed by atoms with E-state index in [0.717, 1.165) is 18.9 Å². The molecule has 1 heterocycles. The largest absolute Gasteiger partial charge is 0.339 e. The lowest BCUT2D eigenvalue weighted by Gasteiger charge is -2.11. The highest BCUT2D eigenvalue weighted by atomic mass is 32.2. The summed E-state index contributed by atoms with van der Waals surface area (Å²) in [5.41, 5.74) is 1.26. The summed E-state index contributed by atoms with van der Waals surface area (Å²) in [6.45, 7) is 1.69. The zero-order valence-electron chi connectivity index (χ0n) is 13.9. The van der Waals surface area contributed by atoms with E-state index in [1.165, 1.54) is 24.3 Å². The van der Waals surface area contributed by atoms with Crippen LogP contribution in [-0.2, 0) is 10.0 Å². The van der Waals surface area contributed by atoms with Gasteiger partial charge in [-0.1, -0.05) is 23.4 Å². The third-order valence-corrected chi connectivity index (χ3v) is 5.70. The first-order valence-corrected chi connectivity index (χ1v) is 9.64. The van der Waals surface area contributed by atoms with Gasteiger partial charge >= 0.3 is 0 Å². The average Bonchev–Trinajstić information content (AvgIpc) is 3.32. The number of nitrogens with one attached hydrogen (secondary N) is 1. The minimum absolute atomic E-state index is 0.0806. The monoisotopic (exact) mass is 373 g/mol. The Morgan fingerprint density at radius 2 is 2.00 bits per heavy atom. The average molecular weight is 373 g/mol. The zero-order valence-corrected chi connectivity index (χ0v) is 14.8. The van der Waals surface area contributed by atoms with E-state index in [1.54, 1.807) is 19.1 Å². The molecular formula is C18H16FN3O3S. The van der Waals surface area contributed by atoms with Crippen LogP contribution >= 0.6 is 0 Å². The van der Waals surface area contributed by atoms with E-state index in [0.29, 0.717) is 28.8 Å². The molecule has 1 fully saturated rings. The first-order chi connectivity index (χ1) is 12.4. The SMILES string of the molecule is Cc1ccc(-c2noc(C3CC3)n2)cc1S(=O)(=O)Nc1cccc(F)c1. The Morgan fingerprint density at radius 3 is 2.73 bits per heavy atom. The topological polar surface area (TPSA) is 85.1 Å². The lowest BCUT2D eigenvalue weighted by atomic mass is 10.1. The smallest absolute Gasteiger partial charge is 0.262 e. The summed E-state index contributed by atoms with van der Waals surface area (Å²) < 4.78 is 46.4. The molecule has 0 bridgehead atoms. The van der Waals surface area contributed by atoms with Crippen LogP contribution in [0.25, 0.3) is 11.4 Å². The van der Waals surface area contributed by atoms with Gasteiger partial charge in [-0.15, -0.1) is 0 Å². The van der Waals surface area contributed by atoms with Gasteiger partial charge in [-0.2, -0.15) is 4.98 Å². The molecule has 0 atom stereocenters. The highest BCUT2D eigenvalue weighted by Gasteiger charge is 2.30. The highest BCUT2D eigenvalue weighted by Crippen LogP contribution is 2.39. The molecule has 4 rings (SSSR count). The van der Waals surface area contributed by atoms with Crippen molar-refractivity contribution in [3.63, 3.8) is 0 Å². The maximum Gasteiger partial charge on any atom is 0.262 e. The van der Waals surface area contributed by atoms with Crippen LogP contribution in [0, 0.1) is 12.7 Å². The first kappa shape index (κ1) is 16.7. The summed E-state index contributed by atoms with van der Waals surface area (Å²) in [6, 6.07) is 10.2. The number of halogens is 1. The lowest BCUT2D eigenvalue weighted by Crippen LogP contribution is -2.14. The second-order valence-electron chi connectivity index (χ2n) is 6.33. The molecule has 0 aliphatic heterocycles.